The molecular weight excluding hydrogens is 361 g/mol. The van der Waals surface area contributed by atoms with E-state index >= 15 is 0 Å². The van der Waals surface area contributed by atoms with Crippen LogP contribution in [0.3, 0.4) is 0 Å². The summed E-state index contributed by atoms with van der Waals surface area (Å²) in [6.45, 7) is 1.78. The SMILES string of the molecule is CC(N)(CI)C(O)OC1C2CC3C4C1OC(=O)C34C2. The van der Waals surface area contributed by atoms with Gasteiger partial charge in [-0.2, -0.15) is 0 Å². The normalized spacial score (nSPS) is 53.7. The number of nitrogens with two attached hydrogens (primary N) is 1. The van der Waals surface area contributed by atoms with E-state index in [4.69, 9.17) is 15.2 Å². The van der Waals surface area contributed by atoms with Crippen molar-refractivity contribution in [3.8, 4) is 0 Å². The standard InChI is InChI=1S/C13H18INO4/c1-12(15,4-14)10(16)18-8-5-2-6-7-9(8)19-11(17)13(6,7)3-5/h5-10,16H,2-4,15H2,1H3. The zero-order chi connectivity index (χ0) is 13.6. The molecule has 1 spiro atoms. The fourth-order valence-electron chi connectivity index (χ4n) is 4.59. The summed E-state index contributed by atoms with van der Waals surface area (Å²) in [4.78, 5) is 12.0. The van der Waals surface area contributed by atoms with Crippen molar-refractivity contribution in [2.75, 3.05) is 4.43 Å². The average Bonchev–Trinajstić information content (AvgIpc) is 2.76. The van der Waals surface area contributed by atoms with Gasteiger partial charge in [-0.1, -0.05) is 22.6 Å². The first-order valence-electron chi connectivity index (χ1n) is 6.81. The Labute approximate surface area is 125 Å². The first-order chi connectivity index (χ1) is 8.91. The van der Waals surface area contributed by atoms with Gasteiger partial charge in [0.25, 0.3) is 0 Å². The molecule has 5 fully saturated rings. The van der Waals surface area contributed by atoms with Crippen LogP contribution in [0.1, 0.15) is 19.8 Å². The van der Waals surface area contributed by atoms with E-state index in [2.05, 4.69) is 22.6 Å². The topological polar surface area (TPSA) is 81.8 Å². The molecule has 1 saturated heterocycles. The van der Waals surface area contributed by atoms with Gasteiger partial charge >= 0.3 is 5.97 Å². The van der Waals surface area contributed by atoms with Crippen LogP contribution in [-0.4, -0.2) is 39.5 Å². The first kappa shape index (κ1) is 12.8. The molecule has 8 atom stereocenters. The zero-order valence-electron chi connectivity index (χ0n) is 10.7. The van der Waals surface area contributed by atoms with E-state index in [9.17, 15) is 9.90 Å². The number of carbonyl (C=O) groups is 1. The smallest absolute Gasteiger partial charge is 0.313 e. The summed E-state index contributed by atoms with van der Waals surface area (Å²) in [6, 6.07) is 0. The number of halogens is 1. The second kappa shape index (κ2) is 3.64. The molecule has 0 amide bonds. The van der Waals surface area contributed by atoms with Crippen LogP contribution in [-0.2, 0) is 14.3 Å². The Hall–Kier alpha value is 0.0800. The lowest BCUT2D eigenvalue weighted by molar-refractivity contribution is -0.215. The summed E-state index contributed by atoms with van der Waals surface area (Å²) in [5.74, 6) is 1.17. The first-order valence-corrected chi connectivity index (χ1v) is 8.34. The summed E-state index contributed by atoms with van der Waals surface area (Å²) >= 11 is 2.14. The summed E-state index contributed by atoms with van der Waals surface area (Å²) in [5.41, 5.74) is 5.08. The molecule has 1 aliphatic heterocycles. The van der Waals surface area contributed by atoms with Crippen molar-refractivity contribution in [3.05, 3.63) is 0 Å². The molecule has 1 heterocycles. The molecule has 0 aromatic carbocycles. The second-order valence-electron chi connectivity index (χ2n) is 6.83. The molecule has 0 aromatic rings. The van der Waals surface area contributed by atoms with E-state index in [0.717, 1.165) is 12.8 Å². The van der Waals surface area contributed by atoms with Crippen molar-refractivity contribution >= 4 is 28.6 Å². The second-order valence-corrected chi connectivity index (χ2v) is 7.60. The minimum absolute atomic E-state index is 0.0278. The van der Waals surface area contributed by atoms with E-state index in [1.165, 1.54) is 0 Å². The molecule has 106 valence electrons. The van der Waals surface area contributed by atoms with Gasteiger partial charge in [0, 0.05) is 10.3 Å². The molecule has 0 aromatic heterocycles. The lowest BCUT2D eigenvalue weighted by Crippen LogP contribution is -2.55. The van der Waals surface area contributed by atoms with Crippen molar-refractivity contribution in [3.63, 3.8) is 0 Å². The summed E-state index contributed by atoms with van der Waals surface area (Å²) in [6.07, 6.45) is 0.576. The molecule has 5 aliphatic rings. The van der Waals surface area contributed by atoms with Crippen molar-refractivity contribution in [2.24, 2.45) is 28.9 Å². The lowest BCUT2D eigenvalue weighted by Gasteiger charge is -2.39. The van der Waals surface area contributed by atoms with E-state index in [1.807, 2.05) is 0 Å². The maximum absolute atomic E-state index is 12.0. The molecule has 4 aliphatic carbocycles. The van der Waals surface area contributed by atoms with Gasteiger partial charge in [0.2, 0.25) is 0 Å². The summed E-state index contributed by atoms with van der Waals surface area (Å²) in [5, 5.41) is 10.2. The number of hydrogen-bond acceptors (Lipinski definition) is 5. The Morgan fingerprint density at radius 3 is 3.11 bits per heavy atom. The highest BCUT2D eigenvalue weighted by Crippen LogP contribution is 2.79. The Kier molecular flexibility index (Phi) is 2.45. The number of carbonyl (C=O) groups excluding carboxylic acids is 1. The molecule has 5 bridgehead atoms. The number of hydrogen-bond donors (Lipinski definition) is 2. The third-order valence-electron chi connectivity index (χ3n) is 5.64. The van der Waals surface area contributed by atoms with Gasteiger partial charge in [0.05, 0.1) is 11.0 Å². The number of rotatable bonds is 4. The molecule has 4 saturated carbocycles. The minimum Gasteiger partial charge on any atom is -0.459 e. The molecule has 6 heteroatoms. The summed E-state index contributed by atoms with van der Waals surface area (Å²) in [7, 11) is 0. The van der Waals surface area contributed by atoms with E-state index < -0.39 is 11.8 Å². The maximum atomic E-state index is 12.0. The van der Waals surface area contributed by atoms with Gasteiger partial charge in [-0.25, -0.2) is 0 Å². The average molecular weight is 379 g/mol. The quantitative estimate of drug-likeness (QED) is 0.320. The van der Waals surface area contributed by atoms with Crippen LogP contribution in [0.5, 0.6) is 0 Å². The third-order valence-corrected chi connectivity index (χ3v) is 7.28. The Bertz CT molecular complexity index is 456. The molecule has 8 unspecified atom stereocenters. The number of aliphatic hydroxyl groups is 1. The van der Waals surface area contributed by atoms with Crippen LogP contribution < -0.4 is 5.73 Å². The molecular formula is C13H18INO4. The molecule has 19 heavy (non-hydrogen) atoms. The predicted octanol–water partition coefficient (Wildman–Crippen LogP) is 0.424. The van der Waals surface area contributed by atoms with Crippen LogP contribution in [0.2, 0.25) is 0 Å². The maximum Gasteiger partial charge on any atom is 0.313 e. The highest BCUT2D eigenvalue weighted by molar-refractivity contribution is 14.1. The number of aliphatic hydroxyl groups excluding tert-OH is 1. The lowest BCUT2D eigenvalue weighted by atomic mass is 9.78. The van der Waals surface area contributed by atoms with Gasteiger partial charge < -0.3 is 20.3 Å². The van der Waals surface area contributed by atoms with Gasteiger partial charge in [0.1, 0.15) is 12.2 Å². The van der Waals surface area contributed by atoms with Gasteiger partial charge in [-0.3, -0.25) is 4.79 Å². The zero-order valence-corrected chi connectivity index (χ0v) is 12.9. The Morgan fingerprint density at radius 1 is 1.74 bits per heavy atom. The molecule has 0 radical (unpaired) electrons. The molecule has 5 nitrogen and oxygen atoms in total. The number of ether oxygens (including phenoxy) is 2. The Morgan fingerprint density at radius 2 is 2.47 bits per heavy atom. The largest absolute Gasteiger partial charge is 0.459 e. The monoisotopic (exact) mass is 379 g/mol. The van der Waals surface area contributed by atoms with E-state index in [-0.39, 0.29) is 23.6 Å². The molecule has 3 N–H and O–H groups in total. The molecule has 5 rings (SSSR count). The van der Waals surface area contributed by atoms with Crippen molar-refractivity contribution in [1.29, 1.82) is 0 Å². The van der Waals surface area contributed by atoms with Crippen LogP contribution in [0.4, 0.5) is 0 Å². The van der Waals surface area contributed by atoms with Crippen LogP contribution in [0, 0.1) is 23.2 Å². The van der Waals surface area contributed by atoms with Crippen LogP contribution >= 0.6 is 22.6 Å². The highest BCUT2D eigenvalue weighted by atomic mass is 127. The fraction of sp³-hybridized carbons (Fsp3) is 0.923. The Balaban J connectivity index is 1.54. The third kappa shape index (κ3) is 1.39. The van der Waals surface area contributed by atoms with Gasteiger partial charge in [-0.15, -0.1) is 0 Å². The van der Waals surface area contributed by atoms with Crippen LogP contribution in [0.15, 0.2) is 0 Å². The van der Waals surface area contributed by atoms with Crippen molar-refractivity contribution < 1.29 is 19.4 Å². The van der Waals surface area contributed by atoms with Gasteiger partial charge in [0.15, 0.2) is 6.29 Å². The summed E-state index contributed by atoms with van der Waals surface area (Å²) < 4.78 is 11.9. The van der Waals surface area contributed by atoms with Gasteiger partial charge in [-0.05, 0) is 31.6 Å². The van der Waals surface area contributed by atoms with Crippen molar-refractivity contribution in [2.45, 2.75) is 43.8 Å². The highest BCUT2D eigenvalue weighted by Gasteiger charge is 2.86. The predicted molar refractivity (Wildman–Crippen MR) is 74.4 cm³/mol. The van der Waals surface area contributed by atoms with E-state index in [0.29, 0.717) is 22.2 Å². The van der Waals surface area contributed by atoms with E-state index in [1.54, 1.807) is 6.92 Å². The fourth-order valence-corrected chi connectivity index (χ4v) is 4.96. The van der Waals surface area contributed by atoms with Crippen LogP contribution in [0.25, 0.3) is 0 Å². The number of alkyl halides is 1. The van der Waals surface area contributed by atoms with Crippen molar-refractivity contribution in [1.82, 2.24) is 0 Å². The minimum atomic E-state index is -1.01. The number of esters is 1.